The minimum Gasteiger partial charge on any atom is -0.412 e. The summed E-state index contributed by atoms with van der Waals surface area (Å²) in [4.78, 5) is 0. The maximum atomic E-state index is 5.41. The van der Waals surface area contributed by atoms with Gasteiger partial charge in [-0.3, -0.25) is 0 Å². The van der Waals surface area contributed by atoms with Gasteiger partial charge >= 0.3 is 0 Å². The van der Waals surface area contributed by atoms with Crippen molar-refractivity contribution < 1.29 is 42.2 Å². The Morgan fingerprint density at radius 2 is 2.14 bits per heavy atom. The van der Waals surface area contributed by atoms with Crippen molar-refractivity contribution in [2.75, 3.05) is 33.0 Å². The van der Waals surface area contributed by atoms with E-state index < -0.39 is 0 Å². The molecule has 0 saturated carbocycles. The van der Waals surface area contributed by atoms with Gasteiger partial charge in [0, 0.05) is 52.0 Å². The van der Waals surface area contributed by atoms with Crippen molar-refractivity contribution in [2.24, 2.45) is 0 Å². The van der Waals surface area contributed by atoms with Crippen LogP contribution in [0.15, 0.2) is 0 Å². The van der Waals surface area contributed by atoms with Gasteiger partial charge in [-0.1, -0.05) is 6.61 Å². The summed E-state index contributed by atoms with van der Waals surface area (Å²) < 4.78 is 10.7. The summed E-state index contributed by atoms with van der Waals surface area (Å²) >= 11 is 0. The van der Waals surface area contributed by atoms with Crippen LogP contribution < -0.4 is 5.32 Å². The Balaban J connectivity index is 0.00000169. The van der Waals surface area contributed by atoms with E-state index in [0.717, 1.165) is 45.6 Å². The van der Waals surface area contributed by atoms with E-state index in [0.29, 0.717) is 12.6 Å². The Kier molecular flexibility index (Phi) is 11.2. The topological polar surface area (TPSA) is 30.5 Å². The molecule has 1 atom stereocenters. The molecular formula is C10H20NO2Y-. The Labute approximate surface area is 112 Å². The zero-order chi connectivity index (χ0) is 9.36. The Morgan fingerprint density at radius 3 is 2.93 bits per heavy atom. The second-order valence-corrected chi connectivity index (χ2v) is 3.33. The molecule has 1 N–H and O–H groups in total. The first kappa shape index (κ1) is 15.0. The van der Waals surface area contributed by atoms with Gasteiger partial charge in [0.15, 0.2) is 0 Å². The fraction of sp³-hybridized carbons (Fsp3) is 0.900. The molecule has 3 nitrogen and oxygen atoms in total. The van der Waals surface area contributed by atoms with E-state index in [1.807, 2.05) is 0 Å². The third-order valence-electron chi connectivity index (χ3n) is 2.20. The van der Waals surface area contributed by atoms with Crippen molar-refractivity contribution >= 4 is 0 Å². The van der Waals surface area contributed by atoms with Crippen LogP contribution in [0.1, 0.15) is 19.3 Å². The first-order valence-electron chi connectivity index (χ1n) is 5.11. The van der Waals surface area contributed by atoms with E-state index in [4.69, 9.17) is 9.47 Å². The van der Waals surface area contributed by atoms with Crippen LogP contribution in [-0.4, -0.2) is 39.0 Å². The van der Waals surface area contributed by atoms with Crippen molar-refractivity contribution in [1.29, 1.82) is 0 Å². The van der Waals surface area contributed by atoms with Gasteiger partial charge in [-0.05, 0) is 25.8 Å². The Bertz CT molecular complexity index is 115. The molecule has 1 aliphatic heterocycles. The maximum Gasteiger partial charge on any atom is 0.0584 e. The number of ether oxygens (including phenoxy) is 2. The molecule has 1 unspecified atom stereocenters. The third-order valence-corrected chi connectivity index (χ3v) is 2.20. The summed E-state index contributed by atoms with van der Waals surface area (Å²) in [5, 5.41) is 3.46. The fourth-order valence-corrected chi connectivity index (χ4v) is 1.48. The maximum absolute atomic E-state index is 5.41. The van der Waals surface area contributed by atoms with Gasteiger partial charge < -0.3 is 21.7 Å². The van der Waals surface area contributed by atoms with Crippen molar-refractivity contribution in [3.8, 4) is 0 Å². The van der Waals surface area contributed by atoms with Gasteiger partial charge in [-0.2, -0.15) is 0 Å². The quantitative estimate of drug-likeness (QED) is 0.779. The summed E-state index contributed by atoms with van der Waals surface area (Å²) in [6.07, 6.45) is 3.36. The molecule has 4 heteroatoms. The zero-order valence-electron chi connectivity index (χ0n) is 8.84. The average molecular weight is 275 g/mol. The molecule has 1 fully saturated rings. The molecule has 1 saturated heterocycles. The minimum absolute atomic E-state index is 0. The molecule has 0 bridgehead atoms. The van der Waals surface area contributed by atoms with Crippen LogP contribution >= 0.6 is 0 Å². The smallest absolute Gasteiger partial charge is 0.0584 e. The van der Waals surface area contributed by atoms with E-state index in [1.54, 1.807) is 0 Å². The molecule has 0 aliphatic carbocycles. The molecule has 14 heavy (non-hydrogen) atoms. The standard InChI is InChI=1S/C10H20NO2.Y/c1-2-12-9-10-5-3-7-13-8-4-6-11-10;/h10-11H,1-9H2;/q-1;. The third kappa shape index (κ3) is 7.30. The summed E-state index contributed by atoms with van der Waals surface area (Å²) in [5.74, 6) is 0. The van der Waals surface area contributed by atoms with Gasteiger partial charge in [0.05, 0.1) is 6.61 Å². The van der Waals surface area contributed by atoms with Crippen molar-refractivity contribution in [3.63, 3.8) is 0 Å². The van der Waals surface area contributed by atoms with E-state index in [1.165, 1.54) is 0 Å². The number of nitrogens with one attached hydrogen (secondary N) is 1. The van der Waals surface area contributed by atoms with Gasteiger partial charge in [0.25, 0.3) is 0 Å². The fourth-order valence-electron chi connectivity index (χ4n) is 1.48. The van der Waals surface area contributed by atoms with Gasteiger partial charge in [-0.15, -0.1) is 0 Å². The van der Waals surface area contributed by atoms with Crippen molar-refractivity contribution in [1.82, 2.24) is 5.32 Å². The van der Waals surface area contributed by atoms with E-state index in [-0.39, 0.29) is 32.7 Å². The first-order chi connectivity index (χ1) is 6.43. The van der Waals surface area contributed by atoms with Crippen LogP contribution in [0.4, 0.5) is 0 Å². The first-order valence-corrected chi connectivity index (χ1v) is 5.11. The van der Waals surface area contributed by atoms with Crippen LogP contribution in [0.5, 0.6) is 0 Å². The molecule has 1 radical (unpaired) electrons. The molecule has 1 aliphatic rings. The predicted octanol–water partition coefficient (Wildman–Crippen LogP) is 0.993. The largest absolute Gasteiger partial charge is 0.412 e. The SMILES string of the molecule is [CH2-]COCC1CCCOCCCN1.[Y]. The average Bonchev–Trinajstić information content (AvgIpc) is 2.28. The second kappa shape index (κ2) is 10.5. The number of rotatable bonds is 3. The van der Waals surface area contributed by atoms with Crippen LogP contribution in [0.3, 0.4) is 0 Å². The molecule has 0 amide bonds. The van der Waals surface area contributed by atoms with Gasteiger partial charge in [-0.25, -0.2) is 0 Å². The molecule has 1 rings (SSSR count). The normalized spacial score (nSPS) is 24.2. The molecule has 0 aromatic carbocycles. The van der Waals surface area contributed by atoms with E-state index >= 15 is 0 Å². The minimum atomic E-state index is 0. The predicted molar refractivity (Wildman–Crippen MR) is 52.6 cm³/mol. The van der Waals surface area contributed by atoms with Crippen molar-refractivity contribution in [2.45, 2.75) is 25.3 Å². The van der Waals surface area contributed by atoms with E-state index in [2.05, 4.69) is 12.2 Å². The van der Waals surface area contributed by atoms with Crippen LogP contribution in [-0.2, 0) is 42.2 Å². The van der Waals surface area contributed by atoms with Crippen LogP contribution in [0.2, 0.25) is 0 Å². The summed E-state index contributed by atoms with van der Waals surface area (Å²) in [6.45, 7) is 7.81. The van der Waals surface area contributed by atoms with Gasteiger partial charge in [0.2, 0.25) is 0 Å². The van der Waals surface area contributed by atoms with Crippen LogP contribution in [0, 0.1) is 6.92 Å². The van der Waals surface area contributed by atoms with Crippen LogP contribution in [0.25, 0.3) is 0 Å². The molecule has 0 spiro atoms. The molecule has 81 valence electrons. The summed E-state index contributed by atoms with van der Waals surface area (Å²) in [6, 6.07) is 0.489. The second-order valence-electron chi connectivity index (χ2n) is 3.33. The van der Waals surface area contributed by atoms with Crippen molar-refractivity contribution in [3.05, 3.63) is 6.92 Å². The summed E-state index contributed by atoms with van der Waals surface area (Å²) in [5.41, 5.74) is 0. The molecule has 1 heterocycles. The monoisotopic (exact) mass is 275 g/mol. The van der Waals surface area contributed by atoms with Gasteiger partial charge in [0.1, 0.15) is 0 Å². The molecule has 0 aromatic rings. The zero-order valence-corrected chi connectivity index (χ0v) is 11.7. The Morgan fingerprint density at radius 1 is 1.36 bits per heavy atom. The molecular weight excluding hydrogens is 255 g/mol. The molecule has 0 aromatic heterocycles. The number of hydrogen-bond donors (Lipinski definition) is 1. The number of hydrogen-bond acceptors (Lipinski definition) is 3. The summed E-state index contributed by atoms with van der Waals surface area (Å²) in [7, 11) is 0. The van der Waals surface area contributed by atoms with E-state index in [9.17, 15) is 0 Å². The Hall–Kier alpha value is 0.984.